The number of fused-ring (bicyclic) bond motifs is 1. The van der Waals surface area contributed by atoms with Gasteiger partial charge in [-0.3, -0.25) is 13.9 Å². The zero-order chi connectivity index (χ0) is 16.4. The molecule has 0 bridgehead atoms. The van der Waals surface area contributed by atoms with E-state index in [4.69, 9.17) is 11.6 Å². The monoisotopic (exact) mass is 343 g/mol. The van der Waals surface area contributed by atoms with Gasteiger partial charge in [-0.1, -0.05) is 11.6 Å². The second-order valence-electron chi connectivity index (χ2n) is 6.44. The van der Waals surface area contributed by atoms with Crippen LogP contribution in [0.15, 0.2) is 27.9 Å². The standard InChI is InChI=1S/C16H14ClN5O2/c17-11-6-1-8(7-18-11)13-19-12-14(20-13)21(9-2-3-9)16(24)22(15(12)23)10-4-5-10/h1,6-7,9-10H,2-5H2,(H,19,20). The van der Waals surface area contributed by atoms with Gasteiger partial charge in [0.1, 0.15) is 16.5 Å². The van der Waals surface area contributed by atoms with E-state index in [2.05, 4.69) is 15.0 Å². The number of aromatic nitrogens is 5. The molecule has 8 heteroatoms. The quantitative estimate of drug-likeness (QED) is 0.739. The Labute approximate surface area is 140 Å². The number of rotatable bonds is 3. The average Bonchev–Trinajstić information content (AvgIpc) is 3.48. The Morgan fingerprint density at radius 1 is 1.08 bits per heavy atom. The van der Waals surface area contributed by atoms with Gasteiger partial charge >= 0.3 is 5.69 Å². The topological polar surface area (TPSA) is 85.6 Å². The Morgan fingerprint density at radius 3 is 2.42 bits per heavy atom. The molecule has 7 nitrogen and oxygen atoms in total. The molecule has 2 aliphatic carbocycles. The van der Waals surface area contributed by atoms with Gasteiger partial charge in [0.05, 0.1) is 0 Å². The van der Waals surface area contributed by atoms with Crippen LogP contribution in [0.1, 0.15) is 37.8 Å². The number of hydrogen-bond donors (Lipinski definition) is 1. The summed E-state index contributed by atoms with van der Waals surface area (Å²) >= 11 is 5.82. The zero-order valence-corrected chi connectivity index (χ0v) is 13.5. The largest absolute Gasteiger partial charge is 0.333 e. The van der Waals surface area contributed by atoms with Crippen molar-refractivity contribution in [3.63, 3.8) is 0 Å². The Balaban J connectivity index is 1.80. The van der Waals surface area contributed by atoms with Crippen molar-refractivity contribution in [3.05, 3.63) is 44.3 Å². The predicted octanol–water partition coefficient (Wildman–Crippen LogP) is 2.27. The van der Waals surface area contributed by atoms with Crippen LogP contribution < -0.4 is 11.2 Å². The first-order chi connectivity index (χ1) is 11.6. The lowest BCUT2D eigenvalue weighted by Crippen LogP contribution is -2.39. The molecule has 122 valence electrons. The maximum atomic E-state index is 12.8. The van der Waals surface area contributed by atoms with Gasteiger partial charge in [0.2, 0.25) is 0 Å². The van der Waals surface area contributed by atoms with Gasteiger partial charge in [0, 0.05) is 23.8 Å². The summed E-state index contributed by atoms with van der Waals surface area (Å²) in [4.78, 5) is 37.2. The first kappa shape index (κ1) is 14.0. The maximum Gasteiger partial charge on any atom is 0.333 e. The molecule has 0 radical (unpaired) electrons. The molecule has 5 rings (SSSR count). The lowest BCUT2D eigenvalue weighted by atomic mass is 10.3. The molecule has 0 spiro atoms. The summed E-state index contributed by atoms with van der Waals surface area (Å²) < 4.78 is 3.07. The number of halogens is 1. The molecule has 1 N–H and O–H groups in total. The van der Waals surface area contributed by atoms with Gasteiger partial charge in [-0.2, -0.15) is 0 Å². The van der Waals surface area contributed by atoms with E-state index in [1.54, 1.807) is 22.9 Å². The summed E-state index contributed by atoms with van der Waals surface area (Å²) in [6.45, 7) is 0. The number of aromatic amines is 1. The third-order valence-corrected chi connectivity index (χ3v) is 4.81. The number of nitrogens with zero attached hydrogens (tertiary/aromatic N) is 4. The van der Waals surface area contributed by atoms with Crippen molar-refractivity contribution in [3.8, 4) is 11.4 Å². The molecule has 3 aromatic heterocycles. The third kappa shape index (κ3) is 2.04. The van der Waals surface area contributed by atoms with Gasteiger partial charge in [-0.05, 0) is 37.8 Å². The minimum absolute atomic E-state index is 0.0309. The fourth-order valence-electron chi connectivity index (χ4n) is 3.07. The van der Waals surface area contributed by atoms with Gasteiger partial charge in [0.15, 0.2) is 5.65 Å². The molecule has 0 unspecified atom stereocenters. The Bertz CT molecular complexity index is 1070. The van der Waals surface area contributed by atoms with Crippen LogP contribution in [-0.4, -0.2) is 24.1 Å². The van der Waals surface area contributed by atoms with E-state index in [0.29, 0.717) is 22.1 Å². The molecule has 3 heterocycles. The molecule has 0 amide bonds. The van der Waals surface area contributed by atoms with E-state index in [1.165, 1.54) is 4.57 Å². The first-order valence-electron chi connectivity index (χ1n) is 8.02. The lowest BCUT2D eigenvalue weighted by Gasteiger charge is -2.09. The highest BCUT2D eigenvalue weighted by atomic mass is 35.5. The minimum Gasteiger partial charge on any atom is -0.332 e. The molecule has 0 saturated heterocycles. The number of nitrogens with one attached hydrogen (secondary N) is 1. The van der Waals surface area contributed by atoms with Crippen molar-refractivity contribution in [2.75, 3.05) is 0 Å². The molecule has 2 saturated carbocycles. The molecule has 0 atom stereocenters. The fraction of sp³-hybridized carbons (Fsp3) is 0.375. The summed E-state index contributed by atoms with van der Waals surface area (Å²) in [6, 6.07) is 3.63. The van der Waals surface area contributed by atoms with Crippen LogP contribution in [0.4, 0.5) is 0 Å². The second kappa shape index (κ2) is 4.80. The molecular weight excluding hydrogens is 330 g/mol. The highest BCUT2D eigenvalue weighted by Gasteiger charge is 2.34. The van der Waals surface area contributed by atoms with Crippen LogP contribution in [-0.2, 0) is 0 Å². The Morgan fingerprint density at radius 2 is 1.79 bits per heavy atom. The number of imidazole rings is 1. The van der Waals surface area contributed by atoms with E-state index in [1.807, 2.05) is 0 Å². The number of hydrogen-bond acceptors (Lipinski definition) is 4. The van der Waals surface area contributed by atoms with Crippen molar-refractivity contribution in [2.24, 2.45) is 0 Å². The van der Waals surface area contributed by atoms with E-state index in [9.17, 15) is 9.59 Å². The van der Waals surface area contributed by atoms with Crippen LogP contribution in [0.2, 0.25) is 5.15 Å². The summed E-state index contributed by atoms with van der Waals surface area (Å²) in [7, 11) is 0. The third-order valence-electron chi connectivity index (χ3n) is 4.58. The van der Waals surface area contributed by atoms with Crippen molar-refractivity contribution in [2.45, 2.75) is 37.8 Å². The number of H-pyrrole nitrogens is 1. The van der Waals surface area contributed by atoms with E-state index in [0.717, 1.165) is 31.2 Å². The zero-order valence-electron chi connectivity index (χ0n) is 12.7. The second-order valence-corrected chi connectivity index (χ2v) is 6.83. The van der Waals surface area contributed by atoms with Gasteiger partial charge in [-0.25, -0.2) is 14.8 Å². The van der Waals surface area contributed by atoms with E-state index in [-0.39, 0.29) is 23.3 Å². The smallest absolute Gasteiger partial charge is 0.332 e. The highest BCUT2D eigenvalue weighted by molar-refractivity contribution is 6.29. The van der Waals surface area contributed by atoms with Crippen LogP contribution in [0, 0.1) is 0 Å². The van der Waals surface area contributed by atoms with Crippen molar-refractivity contribution >= 4 is 22.8 Å². The lowest BCUT2D eigenvalue weighted by molar-refractivity contribution is 0.587. The Kier molecular flexibility index (Phi) is 2.79. The first-order valence-corrected chi connectivity index (χ1v) is 8.40. The number of pyridine rings is 1. The molecular formula is C16H14ClN5O2. The maximum absolute atomic E-state index is 12.8. The summed E-state index contributed by atoms with van der Waals surface area (Å²) in [5.74, 6) is 0.522. The summed E-state index contributed by atoms with van der Waals surface area (Å²) in [6.07, 6.45) is 5.25. The normalized spacial score (nSPS) is 17.5. The van der Waals surface area contributed by atoms with Crippen LogP contribution in [0.5, 0.6) is 0 Å². The van der Waals surface area contributed by atoms with E-state index >= 15 is 0 Å². The Hall–Kier alpha value is -2.41. The van der Waals surface area contributed by atoms with Gasteiger partial charge in [0.25, 0.3) is 5.56 Å². The van der Waals surface area contributed by atoms with Crippen molar-refractivity contribution in [1.29, 1.82) is 0 Å². The minimum atomic E-state index is -0.282. The van der Waals surface area contributed by atoms with Crippen LogP contribution >= 0.6 is 11.6 Å². The average molecular weight is 344 g/mol. The predicted molar refractivity (Wildman–Crippen MR) is 89.4 cm³/mol. The van der Waals surface area contributed by atoms with Gasteiger partial charge in [-0.15, -0.1) is 0 Å². The molecule has 2 aliphatic rings. The SMILES string of the molecule is O=c1c2[nH]c(-c3ccc(Cl)nc3)nc2n(C2CC2)c(=O)n1C1CC1. The molecule has 0 aliphatic heterocycles. The highest BCUT2D eigenvalue weighted by Crippen LogP contribution is 2.37. The molecule has 2 fully saturated rings. The van der Waals surface area contributed by atoms with Gasteiger partial charge < -0.3 is 4.98 Å². The van der Waals surface area contributed by atoms with Crippen LogP contribution in [0.3, 0.4) is 0 Å². The molecule has 3 aromatic rings. The van der Waals surface area contributed by atoms with Crippen molar-refractivity contribution in [1.82, 2.24) is 24.1 Å². The fourth-order valence-corrected chi connectivity index (χ4v) is 3.18. The molecule has 0 aromatic carbocycles. The van der Waals surface area contributed by atoms with Crippen LogP contribution in [0.25, 0.3) is 22.6 Å². The van der Waals surface area contributed by atoms with Crippen molar-refractivity contribution < 1.29 is 0 Å². The summed E-state index contributed by atoms with van der Waals surface area (Å²) in [5.41, 5.74) is 1.04. The van der Waals surface area contributed by atoms with E-state index < -0.39 is 0 Å². The summed E-state index contributed by atoms with van der Waals surface area (Å²) in [5, 5.41) is 0.390. The molecule has 24 heavy (non-hydrogen) atoms.